The maximum absolute atomic E-state index is 12.7. The molecular weight excluding hydrogens is 420 g/mol. The van der Waals surface area contributed by atoms with Crippen LogP contribution in [0.5, 0.6) is 23.0 Å². The lowest BCUT2D eigenvalue weighted by Gasteiger charge is -2.08. The zero-order valence-corrected chi connectivity index (χ0v) is 17.5. The molecule has 7 nitrogen and oxygen atoms in total. The summed E-state index contributed by atoms with van der Waals surface area (Å²) in [5.41, 5.74) is 0.994. The second kappa shape index (κ2) is 8.16. The Morgan fingerprint density at radius 2 is 1.61 bits per heavy atom. The van der Waals surface area contributed by atoms with Gasteiger partial charge in [-0.25, -0.2) is 0 Å². The van der Waals surface area contributed by atoms with Crippen LogP contribution in [0.1, 0.15) is 15.9 Å². The van der Waals surface area contributed by atoms with Crippen LogP contribution in [0.4, 0.5) is 0 Å². The first-order chi connectivity index (χ1) is 14.9. The fraction of sp³-hybridized carbons (Fsp3) is 0.0870. The molecular formula is C23H18O7S. The van der Waals surface area contributed by atoms with Crippen LogP contribution in [0.15, 0.2) is 77.4 Å². The normalized spacial score (nSPS) is 14.1. The van der Waals surface area contributed by atoms with Crippen molar-refractivity contribution in [2.24, 2.45) is 0 Å². The van der Waals surface area contributed by atoms with Crippen molar-refractivity contribution in [3.05, 3.63) is 83.6 Å². The number of ether oxygens (including phenoxy) is 3. The molecule has 0 saturated carbocycles. The number of carbonyl (C=O) groups is 1. The second-order valence-electron chi connectivity index (χ2n) is 6.56. The quantitative estimate of drug-likeness (QED) is 0.423. The summed E-state index contributed by atoms with van der Waals surface area (Å²) in [7, 11) is -0.945. The monoisotopic (exact) mass is 438 g/mol. The molecule has 3 aromatic rings. The van der Waals surface area contributed by atoms with Crippen molar-refractivity contribution >= 4 is 22.0 Å². The summed E-state index contributed by atoms with van der Waals surface area (Å²) < 4.78 is 46.2. The van der Waals surface area contributed by atoms with Gasteiger partial charge in [-0.15, -0.1) is 0 Å². The molecule has 0 bridgehead atoms. The zero-order valence-electron chi connectivity index (χ0n) is 16.7. The molecule has 0 spiro atoms. The lowest BCUT2D eigenvalue weighted by molar-refractivity contribution is 0.101. The lowest BCUT2D eigenvalue weighted by atomic mass is 10.1. The summed E-state index contributed by atoms with van der Waals surface area (Å²) in [6.07, 6.45) is 1.57. The molecule has 0 unspecified atom stereocenters. The third-order valence-electron chi connectivity index (χ3n) is 4.58. The van der Waals surface area contributed by atoms with Gasteiger partial charge in [0.1, 0.15) is 16.4 Å². The Balaban J connectivity index is 1.59. The zero-order chi connectivity index (χ0) is 22.0. The predicted octanol–water partition coefficient (Wildman–Crippen LogP) is 4.09. The Morgan fingerprint density at radius 1 is 0.871 bits per heavy atom. The Labute approximate surface area is 179 Å². The van der Waals surface area contributed by atoms with E-state index in [1.54, 1.807) is 42.5 Å². The van der Waals surface area contributed by atoms with Crippen molar-refractivity contribution in [2.75, 3.05) is 14.2 Å². The van der Waals surface area contributed by atoms with E-state index >= 15 is 0 Å². The summed E-state index contributed by atoms with van der Waals surface area (Å²) in [6.45, 7) is 0. The molecule has 0 radical (unpaired) electrons. The van der Waals surface area contributed by atoms with E-state index in [9.17, 15) is 13.2 Å². The van der Waals surface area contributed by atoms with Crippen LogP contribution >= 0.6 is 0 Å². The fourth-order valence-electron chi connectivity index (χ4n) is 3.08. The highest BCUT2D eigenvalue weighted by Crippen LogP contribution is 2.36. The summed E-state index contributed by atoms with van der Waals surface area (Å²) in [5, 5.41) is 0. The van der Waals surface area contributed by atoms with Crippen molar-refractivity contribution in [1.82, 2.24) is 0 Å². The SMILES string of the molecule is COc1ccc(/C=C2/Oc3cc(OS(=O)(=O)c4ccccc4)ccc3C2=O)cc1OC. The number of rotatable bonds is 6. The number of benzene rings is 3. The lowest BCUT2D eigenvalue weighted by Crippen LogP contribution is -2.09. The predicted molar refractivity (Wildman–Crippen MR) is 113 cm³/mol. The largest absolute Gasteiger partial charge is 0.493 e. The molecule has 4 rings (SSSR count). The first-order valence-electron chi connectivity index (χ1n) is 9.21. The number of fused-ring (bicyclic) bond motifs is 1. The first-order valence-corrected chi connectivity index (χ1v) is 10.6. The van der Waals surface area contributed by atoms with Crippen molar-refractivity contribution in [3.8, 4) is 23.0 Å². The summed E-state index contributed by atoms with van der Waals surface area (Å²) in [4.78, 5) is 12.7. The Kier molecular flexibility index (Phi) is 5.39. The molecule has 3 aromatic carbocycles. The van der Waals surface area contributed by atoms with Gasteiger partial charge in [0.15, 0.2) is 17.3 Å². The van der Waals surface area contributed by atoms with Crippen molar-refractivity contribution in [2.45, 2.75) is 4.90 Å². The standard InChI is InChI=1S/C23H18O7S/c1-27-19-11-8-15(12-21(19)28-2)13-22-23(24)18-10-9-16(14-20(18)29-22)30-31(25,26)17-6-4-3-5-7-17/h3-14H,1-2H3/b22-13+. The van der Waals surface area contributed by atoms with Crippen LogP contribution in [0.25, 0.3) is 6.08 Å². The second-order valence-corrected chi connectivity index (χ2v) is 8.11. The third-order valence-corrected chi connectivity index (χ3v) is 5.85. The topological polar surface area (TPSA) is 88.1 Å². The van der Waals surface area contributed by atoms with Gasteiger partial charge in [0.2, 0.25) is 5.78 Å². The third kappa shape index (κ3) is 4.10. The fourth-order valence-corrected chi connectivity index (χ4v) is 4.02. The van der Waals surface area contributed by atoms with Gasteiger partial charge in [-0.05, 0) is 48.0 Å². The van der Waals surface area contributed by atoms with E-state index in [2.05, 4.69) is 0 Å². The van der Waals surface area contributed by atoms with Gasteiger partial charge in [0.05, 0.1) is 19.8 Å². The van der Waals surface area contributed by atoms with Gasteiger partial charge in [-0.3, -0.25) is 4.79 Å². The minimum Gasteiger partial charge on any atom is -0.493 e. The van der Waals surface area contributed by atoms with Crippen LogP contribution in [-0.2, 0) is 10.1 Å². The summed E-state index contributed by atoms with van der Waals surface area (Å²) in [5.74, 6) is 1.13. The van der Waals surface area contributed by atoms with E-state index in [0.717, 1.165) is 0 Å². The molecule has 31 heavy (non-hydrogen) atoms. The summed E-state index contributed by atoms with van der Waals surface area (Å²) in [6, 6.07) is 17.3. The number of hydrogen-bond donors (Lipinski definition) is 0. The van der Waals surface area contributed by atoms with Gasteiger partial charge in [-0.2, -0.15) is 8.42 Å². The van der Waals surface area contributed by atoms with E-state index < -0.39 is 10.1 Å². The average molecular weight is 438 g/mol. The molecule has 0 saturated heterocycles. The molecule has 0 aliphatic carbocycles. The van der Waals surface area contributed by atoms with E-state index in [1.165, 1.54) is 44.6 Å². The molecule has 1 heterocycles. The Morgan fingerprint density at radius 3 is 2.32 bits per heavy atom. The minimum absolute atomic E-state index is 0.0292. The first kappa shape index (κ1) is 20.5. The highest BCUT2D eigenvalue weighted by molar-refractivity contribution is 7.87. The smallest absolute Gasteiger partial charge is 0.339 e. The number of hydrogen-bond acceptors (Lipinski definition) is 7. The van der Waals surface area contributed by atoms with Crippen LogP contribution < -0.4 is 18.4 Å². The van der Waals surface area contributed by atoms with E-state index in [0.29, 0.717) is 22.6 Å². The number of allylic oxidation sites excluding steroid dienone is 1. The minimum atomic E-state index is -4.00. The Hall–Kier alpha value is -3.78. The molecule has 0 fully saturated rings. The average Bonchev–Trinajstić information content (AvgIpc) is 3.08. The van der Waals surface area contributed by atoms with E-state index in [-0.39, 0.29) is 27.9 Å². The number of Topliss-reactive ketones (excluding diaryl/α,β-unsaturated/α-hetero) is 1. The number of ketones is 1. The van der Waals surface area contributed by atoms with E-state index in [4.69, 9.17) is 18.4 Å². The molecule has 0 atom stereocenters. The number of carbonyl (C=O) groups excluding carboxylic acids is 1. The Bertz CT molecular complexity index is 1280. The van der Waals surface area contributed by atoms with Crippen LogP contribution in [0.2, 0.25) is 0 Å². The molecule has 1 aliphatic rings. The highest BCUT2D eigenvalue weighted by atomic mass is 32.2. The highest BCUT2D eigenvalue weighted by Gasteiger charge is 2.28. The molecule has 8 heteroatoms. The van der Waals surface area contributed by atoms with Gasteiger partial charge in [0.25, 0.3) is 0 Å². The number of methoxy groups -OCH3 is 2. The molecule has 158 valence electrons. The van der Waals surface area contributed by atoms with Crippen molar-refractivity contribution < 1.29 is 31.6 Å². The molecule has 1 aliphatic heterocycles. The van der Waals surface area contributed by atoms with Crippen LogP contribution in [0.3, 0.4) is 0 Å². The van der Waals surface area contributed by atoms with Crippen molar-refractivity contribution in [3.63, 3.8) is 0 Å². The molecule has 0 amide bonds. The van der Waals surface area contributed by atoms with Gasteiger partial charge >= 0.3 is 10.1 Å². The van der Waals surface area contributed by atoms with Gasteiger partial charge in [0, 0.05) is 6.07 Å². The maximum atomic E-state index is 12.7. The molecule has 0 aromatic heterocycles. The van der Waals surface area contributed by atoms with Crippen LogP contribution in [0, 0.1) is 0 Å². The van der Waals surface area contributed by atoms with E-state index in [1.807, 2.05) is 0 Å². The summed E-state index contributed by atoms with van der Waals surface area (Å²) >= 11 is 0. The van der Waals surface area contributed by atoms with Gasteiger partial charge in [-0.1, -0.05) is 24.3 Å². The molecule has 0 N–H and O–H groups in total. The maximum Gasteiger partial charge on any atom is 0.339 e. The van der Waals surface area contributed by atoms with Crippen LogP contribution in [-0.4, -0.2) is 28.4 Å². The van der Waals surface area contributed by atoms with Crippen molar-refractivity contribution in [1.29, 1.82) is 0 Å². The van der Waals surface area contributed by atoms with Gasteiger partial charge < -0.3 is 18.4 Å².